The lowest BCUT2D eigenvalue weighted by Crippen LogP contribution is -2.37. The van der Waals surface area contributed by atoms with Gasteiger partial charge in [0.25, 0.3) is 0 Å². The van der Waals surface area contributed by atoms with Gasteiger partial charge >= 0.3 is 5.97 Å². The van der Waals surface area contributed by atoms with Crippen molar-refractivity contribution < 1.29 is 9.53 Å². The summed E-state index contributed by atoms with van der Waals surface area (Å²) in [5, 5.41) is 0. The van der Waals surface area contributed by atoms with Gasteiger partial charge in [-0.2, -0.15) is 0 Å². The van der Waals surface area contributed by atoms with Crippen LogP contribution in [0.5, 0.6) is 0 Å². The number of esters is 1. The Labute approximate surface area is 92.7 Å². The zero-order valence-electron chi connectivity index (χ0n) is 10.1. The summed E-state index contributed by atoms with van der Waals surface area (Å²) in [6.45, 7) is 10.00. The standard InChI is InChI=1S/C13H22O2/c1-5-10(2)12(14)15-11-8-6-7-9-13(11,3)4/h11H,2,5-9H2,1,3-4H3. The molecule has 1 saturated carbocycles. The van der Waals surface area contributed by atoms with E-state index in [0.29, 0.717) is 12.0 Å². The summed E-state index contributed by atoms with van der Waals surface area (Å²) >= 11 is 0. The monoisotopic (exact) mass is 210 g/mol. The molecule has 1 rings (SSSR count). The average Bonchev–Trinajstić information content (AvgIpc) is 2.19. The quantitative estimate of drug-likeness (QED) is 0.526. The Bertz CT molecular complexity index is 253. The van der Waals surface area contributed by atoms with Crippen molar-refractivity contribution in [2.24, 2.45) is 5.41 Å². The molecule has 2 nitrogen and oxygen atoms in total. The lowest BCUT2D eigenvalue weighted by Gasteiger charge is -2.37. The predicted octanol–water partition coefficient (Wildman–Crippen LogP) is 3.46. The third kappa shape index (κ3) is 3.08. The molecule has 1 aliphatic rings. The molecule has 1 fully saturated rings. The second kappa shape index (κ2) is 4.82. The van der Waals surface area contributed by atoms with Gasteiger partial charge < -0.3 is 4.74 Å². The molecule has 1 aliphatic carbocycles. The molecule has 1 atom stereocenters. The fraction of sp³-hybridized carbons (Fsp3) is 0.769. The highest BCUT2D eigenvalue weighted by molar-refractivity contribution is 5.87. The largest absolute Gasteiger partial charge is 0.458 e. The highest BCUT2D eigenvalue weighted by Crippen LogP contribution is 2.37. The molecule has 0 heterocycles. The van der Waals surface area contributed by atoms with Crippen LogP contribution in [0.4, 0.5) is 0 Å². The van der Waals surface area contributed by atoms with Crippen LogP contribution in [0, 0.1) is 5.41 Å². The molecule has 0 spiro atoms. The van der Waals surface area contributed by atoms with E-state index in [1.807, 2.05) is 6.92 Å². The molecular weight excluding hydrogens is 188 g/mol. The first-order chi connectivity index (χ1) is 6.97. The number of carbonyl (C=O) groups is 1. The Hall–Kier alpha value is -0.790. The van der Waals surface area contributed by atoms with Crippen molar-refractivity contribution in [3.8, 4) is 0 Å². The van der Waals surface area contributed by atoms with Gasteiger partial charge in [-0.05, 0) is 25.7 Å². The van der Waals surface area contributed by atoms with Crippen LogP contribution in [0.25, 0.3) is 0 Å². The summed E-state index contributed by atoms with van der Waals surface area (Å²) in [4.78, 5) is 11.6. The van der Waals surface area contributed by atoms with Gasteiger partial charge in [0.1, 0.15) is 6.10 Å². The molecule has 0 aliphatic heterocycles. The molecule has 0 aromatic carbocycles. The van der Waals surface area contributed by atoms with E-state index in [4.69, 9.17) is 4.74 Å². The Kier molecular flexibility index (Phi) is 3.95. The van der Waals surface area contributed by atoms with Gasteiger partial charge in [-0.1, -0.05) is 33.8 Å². The van der Waals surface area contributed by atoms with Gasteiger partial charge in [-0.15, -0.1) is 0 Å². The number of carbonyl (C=O) groups excluding carboxylic acids is 1. The van der Waals surface area contributed by atoms with Crippen molar-refractivity contribution in [3.63, 3.8) is 0 Å². The third-order valence-electron chi connectivity index (χ3n) is 3.37. The van der Waals surface area contributed by atoms with Crippen LogP contribution >= 0.6 is 0 Å². The summed E-state index contributed by atoms with van der Waals surface area (Å²) in [5.74, 6) is -0.211. The van der Waals surface area contributed by atoms with Crippen LogP contribution in [0.15, 0.2) is 12.2 Å². The van der Waals surface area contributed by atoms with Crippen LogP contribution in [0.1, 0.15) is 52.9 Å². The molecule has 15 heavy (non-hydrogen) atoms. The number of rotatable bonds is 3. The van der Waals surface area contributed by atoms with E-state index in [9.17, 15) is 4.79 Å². The Morgan fingerprint density at radius 3 is 2.67 bits per heavy atom. The zero-order valence-corrected chi connectivity index (χ0v) is 10.1. The smallest absolute Gasteiger partial charge is 0.333 e. The summed E-state index contributed by atoms with van der Waals surface area (Å²) in [6.07, 6.45) is 5.29. The maximum Gasteiger partial charge on any atom is 0.333 e. The Morgan fingerprint density at radius 1 is 1.47 bits per heavy atom. The van der Waals surface area contributed by atoms with E-state index in [0.717, 1.165) is 12.8 Å². The minimum Gasteiger partial charge on any atom is -0.458 e. The average molecular weight is 210 g/mol. The molecule has 0 saturated heterocycles. The molecule has 0 aromatic heterocycles. The van der Waals surface area contributed by atoms with Crippen molar-refractivity contribution in [2.45, 2.75) is 59.0 Å². The fourth-order valence-electron chi connectivity index (χ4n) is 2.04. The highest BCUT2D eigenvalue weighted by atomic mass is 16.5. The molecule has 2 heteroatoms. The van der Waals surface area contributed by atoms with E-state index in [1.165, 1.54) is 12.8 Å². The van der Waals surface area contributed by atoms with Gasteiger partial charge in [-0.3, -0.25) is 0 Å². The maximum absolute atomic E-state index is 11.6. The lowest BCUT2D eigenvalue weighted by atomic mass is 9.75. The molecular formula is C13H22O2. The summed E-state index contributed by atoms with van der Waals surface area (Å²) in [6, 6.07) is 0. The minimum absolute atomic E-state index is 0.0713. The second-order valence-electron chi connectivity index (χ2n) is 5.09. The van der Waals surface area contributed by atoms with E-state index in [-0.39, 0.29) is 17.5 Å². The first-order valence-corrected chi connectivity index (χ1v) is 5.86. The van der Waals surface area contributed by atoms with Crippen molar-refractivity contribution >= 4 is 5.97 Å². The van der Waals surface area contributed by atoms with Gasteiger partial charge in [0.05, 0.1) is 0 Å². The molecule has 86 valence electrons. The molecule has 0 bridgehead atoms. The number of hydrogen-bond donors (Lipinski definition) is 0. The van der Waals surface area contributed by atoms with Crippen LogP contribution in [0.3, 0.4) is 0 Å². The topological polar surface area (TPSA) is 26.3 Å². The van der Waals surface area contributed by atoms with E-state index >= 15 is 0 Å². The molecule has 0 N–H and O–H groups in total. The van der Waals surface area contributed by atoms with Crippen LogP contribution in [-0.4, -0.2) is 12.1 Å². The van der Waals surface area contributed by atoms with Crippen LogP contribution < -0.4 is 0 Å². The molecule has 0 amide bonds. The highest BCUT2D eigenvalue weighted by Gasteiger charge is 2.35. The van der Waals surface area contributed by atoms with Gasteiger partial charge in [-0.25, -0.2) is 4.79 Å². The summed E-state index contributed by atoms with van der Waals surface area (Å²) in [5.41, 5.74) is 0.707. The Balaban J connectivity index is 2.56. The number of ether oxygens (including phenoxy) is 1. The van der Waals surface area contributed by atoms with Gasteiger partial charge in [0.15, 0.2) is 0 Å². The first-order valence-electron chi connectivity index (χ1n) is 5.86. The lowest BCUT2D eigenvalue weighted by molar-refractivity contribution is -0.153. The zero-order chi connectivity index (χ0) is 11.5. The van der Waals surface area contributed by atoms with Gasteiger partial charge in [0, 0.05) is 11.0 Å². The summed E-state index contributed by atoms with van der Waals surface area (Å²) in [7, 11) is 0. The molecule has 0 radical (unpaired) electrons. The first kappa shape index (κ1) is 12.3. The minimum atomic E-state index is -0.211. The fourth-order valence-corrected chi connectivity index (χ4v) is 2.04. The second-order valence-corrected chi connectivity index (χ2v) is 5.09. The summed E-state index contributed by atoms with van der Waals surface area (Å²) < 4.78 is 5.52. The number of hydrogen-bond acceptors (Lipinski definition) is 2. The van der Waals surface area contributed by atoms with Crippen molar-refractivity contribution in [1.29, 1.82) is 0 Å². The predicted molar refractivity (Wildman–Crippen MR) is 61.6 cm³/mol. The van der Waals surface area contributed by atoms with Crippen molar-refractivity contribution in [2.75, 3.05) is 0 Å². The SMILES string of the molecule is C=C(CC)C(=O)OC1CCCCC1(C)C. The van der Waals surface area contributed by atoms with Gasteiger partial charge in [0.2, 0.25) is 0 Å². The molecule has 0 aromatic rings. The van der Waals surface area contributed by atoms with E-state index < -0.39 is 0 Å². The molecule has 1 unspecified atom stereocenters. The van der Waals surface area contributed by atoms with Crippen molar-refractivity contribution in [3.05, 3.63) is 12.2 Å². The Morgan fingerprint density at radius 2 is 2.13 bits per heavy atom. The van der Waals surface area contributed by atoms with E-state index in [2.05, 4.69) is 20.4 Å². The third-order valence-corrected chi connectivity index (χ3v) is 3.37. The van der Waals surface area contributed by atoms with Crippen LogP contribution in [-0.2, 0) is 9.53 Å². The van der Waals surface area contributed by atoms with Crippen molar-refractivity contribution in [1.82, 2.24) is 0 Å². The maximum atomic E-state index is 11.6. The normalized spacial score (nSPS) is 24.6. The van der Waals surface area contributed by atoms with Crippen LogP contribution in [0.2, 0.25) is 0 Å². The van der Waals surface area contributed by atoms with E-state index in [1.54, 1.807) is 0 Å².